The predicted molar refractivity (Wildman–Crippen MR) is 208 cm³/mol. The fraction of sp³-hybridized carbons (Fsp3) is 0.300. The molecule has 4 aromatic heterocycles. The van der Waals surface area contributed by atoms with Gasteiger partial charge in [-0.1, -0.05) is 29.3 Å². The number of carbonyl (C=O) groups excluding carboxylic acids is 1. The molecule has 0 saturated heterocycles. The van der Waals surface area contributed by atoms with Crippen molar-refractivity contribution in [1.29, 1.82) is 0 Å². The van der Waals surface area contributed by atoms with Gasteiger partial charge in [-0.15, -0.1) is 0 Å². The van der Waals surface area contributed by atoms with Gasteiger partial charge in [-0.05, 0) is 101 Å². The van der Waals surface area contributed by atoms with Gasteiger partial charge in [0, 0.05) is 65.5 Å². The molecule has 1 aliphatic heterocycles. The molecule has 1 atom stereocenters. The quantitative estimate of drug-likeness (QED) is 0.146. The van der Waals surface area contributed by atoms with E-state index in [9.17, 15) is 0 Å². The fourth-order valence-electron chi connectivity index (χ4n) is 7.98. The lowest BCUT2D eigenvalue weighted by Gasteiger charge is -2.34. The molecule has 0 radical (unpaired) electrons. The van der Waals surface area contributed by atoms with Crippen molar-refractivity contribution < 1.29 is 9.53 Å². The predicted octanol–water partition coefficient (Wildman–Crippen LogP) is 8.89. The second-order valence-electron chi connectivity index (χ2n) is 13.9. The molecule has 0 fully saturated rings. The van der Waals surface area contributed by atoms with Crippen LogP contribution in [0.5, 0.6) is 5.75 Å². The van der Waals surface area contributed by atoms with Gasteiger partial charge in [0.2, 0.25) is 0 Å². The highest BCUT2D eigenvalue weighted by Gasteiger charge is 2.37. The van der Waals surface area contributed by atoms with Gasteiger partial charge in [0.15, 0.2) is 0 Å². The summed E-state index contributed by atoms with van der Waals surface area (Å²) in [4.78, 5) is 18.6. The van der Waals surface area contributed by atoms with Crippen LogP contribution in [0.2, 0.25) is 10.0 Å². The Morgan fingerprint density at radius 3 is 2.35 bits per heavy atom. The standard InChI is InChI=1S/C40H40Cl2N8O2/c1-22-17-28(18-23(2)37(22)42)52-16-8-9-29-30-11-12-32(41)36(35-25(4)45-47(7)26(35)5)38(30)49-24(3)20-48(40(51)39(29)49)34-21-46(6)33-13-10-27(19-31(33)34)50-43-14-15-44-50/h10-15,17-19,21,24H,8-9,16,20H2,1-7H3. The first-order valence-corrected chi connectivity index (χ1v) is 18.2. The number of rotatable bonds is 8. The molecule has 0 saturated carbocycles. The van der Waals surface area contributed by atoms with E-state index < -0.39 is 0 Å². The topological polar surface area (TPSA) is 87.9 Å². The average molecular weight is 736 g/mol. The van der Waals surface area contributed by atoms with Crippen LogP contribution in [0.4, 0.5) is 5.69 Å². The SMILES string of the molecule is Cc1cc(OCCCc2c3n(c4c(-c5c(C)nn(C)c5C)c(Cl)ccc24)C(C)CN(c2cn(C)c4ccc(-n5nccn5)cc24)C3=O)cc(C)c1Cl. The Labute approximate surface area is 312 Å². The van der Waals surface area contributed by atoms with Gasteiger partial charge in [0.25, 0.3) is 5.91 Å². The lowest BCUT2D eigenvalue weighted by molar-refractivity contribution is 0.0957. The summed E-state index contributed by atoms with van der Waals surface area (Å²) in [5.41, 5.74) is 11.1. The Morgan fingerprint density at radius 2 is 1.65 bits per heavy atom. The molecule has 3 aromatic carbocycles. The molecule has 0 bridgehead atoms. The van der Waals surface area contributed by atoms with Crippen LogP contribution in [-0.4, -0.2) is 53.0 Å². The number of hydrogen-bond acceptors (Lipinski definition) is 5. The fourth-order valence-corrected chi connectivity index (χ4v) is 8.34. The number of nitrogens with zero attached hydrogens (tertiary/aromatic N) is 8. The van der Waals surface area contributed by atoms with Gasteiger partial charge >= 0.3 is 0 Å². The molecule has 0 aliphatic carbocycles. The van der Waals surface area contributed by atoms with E-state index in [1.54, 1.807) is 17.2 Å². The van der Waals surface area contributed by atoms with E-state index in [4.69, 9.17) is 33.0 Å². The molecular formula is C40H40Cl2N8O2. The van der Waals surface area contributed by atoms with Crippen molar-refractivity contribution >= 4 is 56.6 Å². The molecule has 0 spiro atoms. The zero-order valence-electron chi connectivity index (χ0n) is 30.3. The second kappa shape index (κ2) is 12.9. The Balaban J connectivity index is 1.26. The minimum absolute atomic E-state index is 0.0500. The number of halogens is 2. The van der Waals surface area contributed by atoms with Crippen LogP contribution >= 0.6 is 23.2 Å². The molecule has 52 heavy (non-hydrogen) atoms. The van der Waals surface area contributed by atoms with Crippen LogP contribution in [0.1, 0.15) is 58.0 Å². The first kappa shape index (κ1) is 34.0. The number of aromatic nitrogens is 7. The molecule has 10 nitrogen and oxygen atoms in total. The van der Waals surface area contributed by atoms with Crippen LogP contribution in [0.3, 0.4) is 0 Å². The van der Waals surface area contributed by atoms with E-state index in [0.29, 0.717) is 36.7 Å². The van der Waals surface area contributed by atoms with Crippen LogP contribution in [0.25, 0.3) is 38.6 Å². The Bertz CT molecular complexity index is 2520. The summed E-state index contributed by atoms with van der Waals surface area (Å²) in [7, 11) is 3.96. The number of fused-ring (bicyclic) bond motifs is 4. The van der Waals surface area contributed by atoms with Crippen molar-refractivity contribution in [3.63, 3.8) is 0 Å². The normalized spacial score (nSPS) is 14.6. The summed E-state index contributed by atoms with van der Waals surface area (Å²) in [6, 6.07) is 14.0. The number of hydrogen-bond donors (Lipinski definition) is 0. The van der Waals surface area contributed by atoms with Crippen molar-refractivity contribution in [1.82, 2.24) is 33.9 Å². The Morgan fingerprint density at radius 1 is 0.923 bits per heavy atom. The Hall–Kier alpha value is -5.06. The number of anilines is 1. The lowest BCUT2D eigenvalue weighted by atomic mass is 9.98. The second-order valence-corrected chi connectivity index (χ2v) is 14.7. The van der Waals surface area contributed by atoms with E-state index in [-0.39, 0.29) is 11.9 Å². The van der Waals surface area contributed by atoms with E-state index in [1.165, 1.54) is 0 Å². The highest BCUT2D eigenvalue weighted by Crippen LogP contribution is 2.45. The summed E-state index contributed by atoms with van der Waals surface area (Å²) in [5.74, 6) is 0.738. The molecule has 1 unspecified atom stereocenters. The zero-order chi connectivity index (χ0) is 36.6. The van der Waals surface area contributed by atoms with Crippen molar-refractivity contribution in [3.05, 3.63) is 105 Å². The van der Waals surface area contributed by atoms with E-state index in [0.717, 1.165) is 83.2 Å². The number of aryl methyl sites for hydroxylation is 6. The first-order chi connectivity index (χ1) is 24.9. The highest BCUT2D eigenvalue weighted by molar-refractivity contribution is 6.35. The van der Waals surface area contributed by atoms with Crippen molar-refractivity contribution in [2.75, 3.05) is 18.1 Å². The van der Waals surface area contributed by atoms with Crippen LogP contribution < -0.4 is 9.64 Å². The van der Waals surface area contributed by atoms with Crippen LogP contribution in [-0.2, 0) is 20.5 Å². The molecule has 7 aromatic rings. The van der Waals surface area contributed by atoms with Crippen LogP contribution in [0, 0.1) is 27.7 Å². The number of benzene rings is 3. The van der Waals surface area contributed by atoms with Crippen molar-refractivity contribution in [2.45, 2.75) is 53.5 Å². The summed E-state index contributed by atoms with van der Waals surface area (Å²) in [6.45, 7) is 11.2. The van der Waals surface area contributed by atoms with Crippen LogP contribution in [0.15, 0.2) is 61.1 Å². The summed E-state index contributed by atoms with van der Waals surface area (Å²) >= 11 is 13.5. The molecule has 0 N–H and O–H groups in total. The van der Waals surface area contributed by atoms with Gasteiger partial charge in [-0.25, -0.2) is 0 Å². The molecule has 5 heterocycles. The third kappa shape index (κ3) is 5.38. The van der Waals surface area contributed by atoms with Gasteiger partial charge < -0.3 is 18.8 Å². The third-order valence-electron chi connectivity index (χ3n) is 10.5. The smallest absolute Gasteiger partial charge is 0.275 e. The average Bonchev–Trinajstić information content (AvgIpc) is 3.89. The van der Waals surface area contributed by atoms with Crippen molar-refractivity contribution in [2.24, 2.45) is 14.1 Å². The molecule has 12 heteroatoms. The number of ether oxygens (including phenoxy) is 1. The largest absolute Gasteiger partial charge is 0.494 e. The summed E-state index contributed by atoms with van der Waals surface area (Å²) in [6.07, 6.45) is 6.69. The maximum absolute atomic E-state index is 15.1. The van der Waals surface area contributed by atoms with E-state index >= 15 is 4.79 Å². The lowest BCUT2D eigenvalue weighted by Crippen LogP contribution is -2.42. The maximum atomic E-state index is 15.1. The van der Waals surface area contributed by atoms with E-state index in [2.05, 4.69) is 45.3 Å². The summed E-state index contributed by atoms with van der Waals surface area (Å²) < 4.78 is 12.4. The maximum Gasteiger partial charge on any atom is 0.275 e. The number of amides is 1. The molecule has 8 rings (SSSR count). The minimum Gasteiger partial charge on any atom is -0.494 e. The number of carbonyl (C=O) groups is 1. The molecular weight excluding hydrogens is 695 g/mol. The highest BCUT2D eigenvalue weighted by atomic mass is 35.5. The molecule has 1 aliphatic rings. The molecule has 1 amide bonds. The van der Waals surface area contributed by atoms with E-state index in [1.807, 2.05) is 81.0 Å². The Kier molecular flexibility index (Phi) is 8.42. The summed E-state index contributed by atoms with van der Waals surface area (Å²) in [5, 5.41) is 16.8. The molecule has 266 valence electrons. The van der Waals surface area contributed by atoms with Gasteiger partial charge in [0.05, 0.1) is 52.1 Å². The monoisotopic (exact) mass is 734 g/mol. The first-order valence-electron chi connectivity index (χ1n) is 17.5. The van der Waals surface area contributed by atoms with Crippen molar-refractivity contribution in [3.8, 4) is 22.6 Å². The van der Waals surface area contributed by atoms with Gasteiger partial charge in [-0.2, -0.15) is 20.1 Å². The third-order valence-corrected chi connectivity index (χ3v) is 11.4. The minimum atomic E-state index is -0.0686. The zero-order valence-corrected chi connectivity index (χ0v) is 31.8. The van der Waals surface area contributed by atoms with Gasteiger partial charge in [-0.3, -0.25) is 9.48 Å². The van der Waals surface area contributed by atoms with Gasteiger partial charge in [0.1, 0.15) is 11.4 Å².